The van der Waals surface area contributed by atoms with Crippen LogP contribution in [0.4, 0.5) is 0 Å². The fourth-order valence-corrected chi connectivity index (χ4v) is 1.54. The second-order valence-electron chi connectivity index (χ2n) is 4.12. The summed E-state index contributed by atoms with van der Waals surface area (Å²) in [5, 5.41) is 0. The van der Waals surface area contributed by atoms with Gasteiger partial charge < -0.3 is 15.1 Å². The Labute approximate surface area is 96.4 Å². The highest BCUT2D eigenvalue weighted by atomic mass is 16.3. The third kappa shape index (κ3) is 2.85. The summed E-state index contributed by atoms with van der Waals surface area (Å²) in [5.41, 5.74) is 6.44. The molecule has 0 radical (unpaired) electrons. The summed E-state index contributed by atoms with van der Waals surface area (Å²) >= 11 is 0. The van der Waals surface area contributed by atoms with E-state index in [1.54, 1.807) is 17.2 Å². The molecule has 0 bridgehead atoms. The second-order valence-corrected chi connectivity index (χ2v) is 4.12. The highest BCUT2D eigenvalue weighted by Crippen LogP contribution is 2.13. The van der Waals surface area contributed by atoms with Gasteiger partial charge in [0.05, 0.1) is 6.26 Å². The fourth-order valence-electron chi connectivity index (χ4n) is 1.54. The summed E-state index contributed by atoms with van der Waals surface area (Å²) in [5.74, 6) is 0.690. The summed E-state index contributed by atoms with van der Waals surface area (Å²) in [4.78, 5) is 13.9. The molecular formula is C12H20N2O2. The number of hydrogen-bond donors (Lipinski definition) is 1. The molecule has 1 heterocycles. The normalized spacial score (nSPS) is 12.5. The minimum absolute atomic E-state index is 0.0506. The topological polar surface area (TPSA) is 59.5 Å². The molecule has 1 aromatic rings. The average molecular weight is 224 g/mol. The van der Waals surface area contributed by atoms with Gasteiger partial charge in [-0.15, -0.1) is 0 Å². The van der Waals surface area contributed by atoms with Gasteiger partial charge in [0.25, 0.3) is 5.91 Å². The van der Waals surface area contributed by atoms with Crippen LogP contribution in [0.2, 0.25) is 0 Å². The number of carbonyl (C=O) groups excluding carboxylic acids is 1. The summed E-state index contributed by atoms with van der Waals surface area (Å²) in [6, 6.07) is 1.80. The third-order valence-corrected chi connectivity index (χ3v) is 2.66. The van der Waals surface area contributed by atoms with Gasteiger partial charge in [-0.05, 0) is 32.4 Å². The molecule has 4 heteroatoms. The van der Waals surface area contributed by atoms with Crippen molar-refractivity contribution in [3.8, 4) is 0 Å². The maximum atomic E-state index is 12.1. The maximum absolute atomic E-state index is 12.1. The molecule has 16 heavy (non-hydrogen) atoms. The molecule has 2 N–H and O–H groups in total. The van der Waals surface area contributed by atoms with Crippen molar-refractivity contribution in [3.63, 3.8) is 0 Å². The number of aryl methyl sites for hydroxylation is 1. The van der Waals surface area contributed by atoms with E-state index in [2.05, 4.69) is 0 Å². The summed E-state index contributed by atoms with van der Waals surface area (Å²) < 4.78 is 5.20. The van der Waals surface area contributed by atoms with Gasteiger partial charge >= 0.3 is 0 Å². The predicted octanol–water partition coefficient (Wildman–Crippen LogP) is 1.64. The molecular weight excluding hydrogens is 204 g/mol. The Morgan fingerprint density at radius 3 is 2.75 bits per heavy atom. The molecule has 4 nitrogen and oxygen atoms in total. The van der Waals surface area contributed by atoms with Crippen LogP contribution >= 0.6 is 0 Å². The molecule has 1 atom stereocenters. The van der Waals surface area contributed by atoms with Crippen molar-refractivity contribution in [2.24, 2.45) is 11.7 Å². The van der Waals surface area contributed by atoms with E-state index in [0.29, 0.717) is 31.3 Å². The van der Waals surface area contributed by atoms with E-state index < -0.39 is 0 Å². The first-order chi connectivity index (χ1) is 7.60. The molecule has 0 aromatic carbocycles. The minimum Gasteiger partial charge on any atom is -0.459 e. The molecule has 1 rings (SSSR count). The quantitative estimate of drug-likeness (QED) is 0.827. The maximum Gasteiger partial charge on any atom is 0.289 e. The number of nitrogens with two attached hydrogens (primary N) is 1. The van der Waals surface area contributed by atoms with Crippen LogP contribution in [0, 0.1) is 12.8 Å². The van der Waals surface area contributed by atoms with E-state index in [0.717, 1.165) is 5.56 Å². The van der Waals surface area contributed by atoms with Crippen LogP contribution in [0.5, 0.6) is 0 Å². The van der Waals surface area contributed by atoms with Crippen molar-refractivity contribution in [3.05, 3.63) is 23.7 Å². The number of furan rings is 1. The van der Waals surface area contributed by atoms with Crippen LogP contribution in [-0.4, -0.2) is 30.4 Å². The van der Waals surface area contributed by atoms with Gasteiger partial charge in [-0.25, -0.2) is 0 Å². The molecule has 1 unspecified atom stereocenters. The number of rotatable bonds is 5. The van der Waals surface area contributed by atoms with Gasteiger partial charge in [-0.3, -0.25) is 4.79 Å². The molecule has 0 aliphatic rings. The van der Waals surface area contributed by atoms with Crippen LogP contribution < -0.4 is 5.73 Å². The lowest BCUT2D eigenvalue weighted by Crippen LogP contribution is -2.36. The van der Waals surface area contributed by atoms with Crippen molar-refractivity contribution in [1.82, 2.24) is 4.90 Å². The zero-order valence-corrected chi connectivity index (χ0v) is 10.2. The summed E-state index contributed by atoms with van der Waals surface area (Å²) in [6.45, 7) is 7.79. The fraction of sp³-hybridized carbons (Fsp3) is 0.583. The molecule has 0 aliphatic carbocycles. The van der Waals surface area contributed by atoms with Crippen LogP contribution in [0.15, 0.2) is 16.7 Å². The highest BCUT2D eigenvalue weighted by Gasteiger charge is 2.20. The smallest absolute Gasteiger partial charge is 0.289 e. The molecule has 0 spiro atoms. The zero-order valence-electron chi connectivity index (χ0n) is 10.2. The van der Waals surface area contributed by atoms with E-state index >= 15 is 0 Å². The first-order valence-electron chi connectivity index (χ1n) is 5.63. The van der Waals surface area contributed by atoms with E-state index in [-0.39, 0.29) is 5.91 Å². The molecule has 1 aromatic heterocycles. The first kappa shape index (κ1) is 12.8. The molecule has 0 saturated carbocycles. The Kier molecular flexibility index (Phi) is 4.55. The average Bonchev–Trinajstić information content (AvgIpc) is 2.71. The molecule has 0 fully saturated rings. The minimum atomic E-state index is -0.0506. The lowest BCUT2D eigenvalue weighted by molar-refractivity contribution is 0.0710. The van der Waals surface area contributed by atoms with Crippen LogP contribution in [0.1, 0.15) is 30.0 Å². The van der Waals surface area contributed by atoms with E-state index in [1.807, 2.05) is 20.8 Å². The van der Waals surface area contributed by atoms with E-state index in [9.17, 15) is 4.79 Å². The van der Waals surface area contributed by atoms with Crippen molar-refractivity contribution >= 4 is 5.91 Å². The summed E-state index contributed by atoms with van der Waals surface area (Å²) in [7, 11) is 0. The third-order valence-electron chi connectivity index (χ3n) is 2.66. The summed E-state index contributed by atoms with van der Waals surface area (Å²) in [6.07, 6.45) is 1.54. The van der Waals surface area contributed by atoms with Gasteiger partial charge in [0.2, 0.25) is 0 Å². The lowest BCUT2D eigenvalue weighted by Gasteiger charge is -2.23. The number of hydrogen-bond acceptors (Lipinski definition) is 3. The Balaban J connectivity index is 2.74. The number of carbonyl (C=O) groups is 1. The Morgan fingerprint density at radius 1 is 1.62 bits per heavy atom. The van der Waals surface area contributed by atoms with E-state index in [4.69, 9.17) is 10.2 Å². The van der Waals surface area contributed by atoms with Gasteiger partial charge in [-0.1, -0.05) is 6.92 Å². The predicted molar refractivity (Wildman–Crippen MR) is 63.2 cm³/mol. The highest BCUT2D eigenvalue weighted by molar-refractivity contribution is 5.92. The van der Waals surface area contributed by atoms with Gasteiger partial charge in [0.15, 0.2) is 5.76 Å². The lowest BCUT2D eigenvalue weighted by atomic mass is 10.1. The molecule has 90 valence electrons. The van der Waals surface area contributed by atoms with E-state index in [1.165, 1.54) is 0 Å². The van der Waals surface area contributed by atoms with Crippen molar-refractivity contribution in [2.75, 3.05) is 19.6 Å². The van der Waals surface area contributed by atoms with Crippen LogP contribution in [0.25, 0.3) is 0 Å². The van der Waals surface area contributed by atoms with Crippen LogP contribution in [0.3, 0.4) is 0 Å². The molecule has 0 saturated heterocycles. The van der Waals surface area contributed by atoms with Crippen molar-refractivity contribution in [2.45, 2.75) is 20.8 Å². The monoisotopic (exact) mass is 224 g/mol. The standard InChI is InChI=1S/C12H20N2O2/c1-4-14(8-9(2)7-13)12(15)11-10(3)5-6-16-11/h5-6,9H,4,7-8,13H2,1-3H3. The number of nitrogens with zero attached hydrogens (tertiary/aromatic N) is 1. The van der Waals surface area contributed by atoms with Gasteiger partial charge in [0.1, 0.15) is 0 Å². The Bertz CT molecular complexity index is 347. The molecule has 0 aliphatic heterocycles. The largest absolute Gasteiger partial charge is 0.459 e. The Morgan fingerprint density at radius 2 is 2.31 bits per heavy atom. The SMILES string of the molecule is CCN(CC(C)CN)C(=O)c1occc1C. The Hall–Kier alpha value is -1.29. The number of amides is 1. The first-order valence-corrected chi connectivity index (χ1v) is 5.63. The van der Waals surface area contributed by atoms with Crippen molar-refractivity contribution in [1.29, 1.82) is 0 Å². The van der Waals surface area contributed by atoms with Crippen molar-refractivity contribution < 1.29 is 9.21 Å². The van der Waals surface area contributed by atoms with Crippen LogP contribution in [-0.2, 0) is 0 Å². The van der Waals surface area contributed by atoms with Gasteiger partial charge in [-0.2, -0.15) is 0 Å². The van der Waals surface area contributed by atoms with Gasteiger partial charge in [0, 0.05) is 18.7 Å². The zero-order chi connectivity index (χ0) is 12.1. The molecule has 1 amide bonds. The second kappa shape index (κ2) is 5.70.